The van der Waals surface area contributed by atoms with E-state index in [1.807, 2.05) is 13.8 Å². The summed E-state index contributed by atoms with van der Waals surface area (Å²) in [5.74, 6) is -0.132. The molecule has 4 nitrogen and oxygen atoms in total. The fraction of sp³-hybridized carbons (Fsp3) is 0.917. The van der Waals surface area contributed by atoms with E-state index < -0.39 is 0 Å². The van der Waals surface area contributed by atoms with Gasteiger partial charge in [0.25, 0.3) is 0 Å². The van der Waals surface area contributed by atoms with Crippen molar-refractivity contribution >= 4 is 5.97 Å². The van der Waals surface area contributed by atoms with Crippen LogP contribution in [0.1, 0.15) is 39.5 Å². The summed E-state index contributed by atoms with van der Waals surface area (Å²) in [6.45, 7) is 5.99. The van der Waals surface area contributed by atoms with Crippen molar-refractivity contribution in [2.75, 3.05) is 19.8 Å². The molecule has 1 aliphatic heterocycles. The van der Waals surface area contributed by atoms with Gasteiger partial charge in [0.2, 0.25) is 0 Å². The maximum absolute atomic E-state index is 11.2. The van der Waals surface area contributed by atoms with Gasteiger partial charge in [-0.15, -0.1) is 0 Å². The van der Waals surface area contributed by atoms with Crippen molar-refractivity contribution in [1.29, 1.82) is 0 Å². The molecule has 94 valence electrons. The van der Waals surface area contributed by atoms with Crippen molar-refractivity contribution in [2.45, 2.75) is 51.7 Å². The molecule has 1 N–H and O–H groups in total. The van der Waals surface area contributed by atoms with Crippen LogP contribution in [-0.2, 0) is 14.3 Å². The van der Waals surface area contributed by atoms with Crippen molar-refractivity contribution < 1.29 is 14.3 Å². The third-order valence-corrected chi connectivity index (χ3v) is 2.75. The smallest absolute Gasteiger partial charge is 0.307 e. The van der Waals surface area contributed by atoms with Crippen LogP contribution in [0.5, 0.6) is 0 Å². The summed E-state index contributed by atoms with van der Waals surface area (Å²) in [4.78, 5) is 11.2. The van der Waals surface area contributed by atoms with E-state index in [0.29, 0.717) is 19.1 Å². The van der Waals surface area contributed by atoms with Crippen molar-refractivity contribution in [3.05, 3.63) is 0 Å². The van der Waals surface area contributed by atoms with Gasteiger partial charge in [-0.3, -0.25) is 4.79 Å². The molecular formula is C12H23NO3. The topological polar surface area (TPSA) is 47.6 Å². The molecule has 0 aromatic heterocycles. The van der Waals surface area contributed by atoms with Crippen molar-refractivity contribution in [3.8, 4) is 0 Å². The van der Waals surface area contributed by atoms with Crippen LogP contribution in [0, 0.1) is 0 Å². The molecule has 1 saturated heterocycles. The molecule has 0 aliphatic carbocycles. The lowest BCUT2D eigenvalue weighted by atomic mass is 10.1. The zero-order valence-electron chi connectivity index (χ0n) is 10.3. The quantitative estimate of drug-likeness (QED) is 0.701. The first-order valence-electron chi connectivity index (χ1n) is 6.23. The molecule has 2 atom stereocenters. The average molecular weight is 229 g/mol. The molecule has 0 amide bonds. The maximum atomic E-state index is 11.2. The summed E-state index contributed by atoms with van der Waals surface area (Å²) < 4.78 is 10.5. The second-order valence-electron chi connectivity index (χ2n) is 4.31. The third-order valence-electron chi connectivity index (χ3n) is 2.75. The van der Waals surface area contributed by atoms with Crippen molar-refractivity contribution in [1.82, 2.24) is 5.32 Å². The number of hydrogen-bond acceptors (Lipinski definition) is 4. The predicted octanol–water partition coefficient (Wildman–Crippen LogP) is 1.49. The fourth-order valence-electron chi connectivity index (χ4n) is 1.84. The summed E-state index contributed by atoms with van der Waals surface area (Å²) >= 11 is 0. The minimum atomic E-state index is -0.132. The minimum absolute atomic E-state index is 0.132. The number of nitrogens with one attached hydrogen (secondary N) is 1. The first kappa shape index (κ1) is 13.5. The monoisotopic (exact) mass is 229 g/mol. The van der Waals surface area contributed by atoms with Gasteiger partial charge in [0, 0.05) is 19.2 Å². The van der Waals surface area contributed by atoms with E-state index in [4.69, 9.17) is 9.47 Å². The molecular weight excluding hydrogens is 206 g/mol. The van der Waals surface area contributed by atoms with E-state index in [1.165, 1.54) is 12.8 Å². The minimum Gasteiger partial charge on any atom is -0.466 e. The SMILES string of the molecule is CCOC(=O)CC(C)NCC1CCCCO1. The predicted molar refractivity (Wildman–Crippen MR) is 62.3 cm³/mol. The molecule has 0 spiro atoms. The lowest BCUT2D eigenvalue weighted by Crippen LogP contribution is -2.37. The molecule has 1 aliphatic rings. The second kappa shape index (κ2) is 7.63. The normalized spacial score (nSPS) is 22.8. The Bertz CT molecular complexity index is 202. The number of rotatable bonds is 6. The van der Waals surface area contributed by atoms with E-state index in [0.717, 1.165) is 19.6 Å². The van der Waals surface area contributed by atoms with E-state index in [9.17, 15) is 4.79 Å². The standard InChI is InChI=1S/C12H23NO3/c1-3-15-12(14)8-10(2)13-9-11-6-4-5-7-16-11/h10-11,13H,3-9H2,1-2H3. The van der Waals surface area contributed by atoms with Gasteiger partial charge in [-0.05, 0) is 33.1 Å². The van der Waals surface area contributed by atoms with Crippen LogP contribution in [0.3, 0.4) is 0 Å². The van der Waals surface area contributed by atoms with Crippen molar-refractivity contribution in [3.63, 3.8) is 0 Å². The van der Waals surface area contributed by atoms with Gasteiger partial charge in [-0.1, -0.05) is 0 Å². The first-order chi connectivity index (χ1) is 7.72. The van der Waals surface area contributed by atoms with Crippen LogP contribution in [0.2, 0.25) is 0 Å². The Morgan fingerprint density at radius 2 is 2.38 bits per heavy atom. The number of ether oxygens (including phenoxy) is 2. The van der Waals surface area contributed by atoms with Gasteiger partial charge in [0.15, 0.2) is 0 Å². The summed E-state index contributed by atoms with van der Waals surface area (Å²) in [5, 5.41) is 3.32. The van der Waals surface area contributed by atoms with Crippen LogP contribution in [0.4, 0.5) is 0 Å². The lowest BCUT2D eigenvalue weighted by molar-refractivity contribution is -0.143. The lowest BCUT2D eigenvalue weighted by Gasteiger charge is -2.24. The Labute approximate surface area is 97.7 Å². The molecule has 1 heterocycles. The molecule has 0 aromatic rings. The Morgan fingerprint density at radius 1 is 1.56 bits per heavy atom. The van der Waals surface area contributed by atoms with Gasteiger partial charge in [-0.25, -0.2) is 0 Å². The first-order valence-corrected chi connectivity index (χ1v) is 6.23. The summed E-state index contributed by atoms with van der Waals surface area (Å²) in [5.41, 5.74) is 0. The van der Waals surface area contributed by atoms with Crippen LogP contribution in [0.25, 0.3) is 0 Å². The highest BCUT2D eigenvalue weighted by molar-refractivity contribution is 5.69. The van der Waals surface area contributed by atoms with Crippen molar-refractivity contribution in [2.24, 2.45) is 0 Å². The largest absolute Gasteiger partial charge is 0.466 e. The Kier molecular flexibility index (Phi) is 6.42. The summed E-state index contributed by atoms with van der Waals surface area (Å²) in [6.07, 6.45) is 4.30. The van der Waals surface area contributed by atoms with Gasteiger partial charge in [0.05, 0.1) is 19.1 Å². The molecule has 16 heavy (non-hydrogen) atoms. The third kappa shape index (κ3) is 5.47. The zero-order valence-corrected chi connectivity index (χ0v) is 10.3. The molecule has 4 heteroatoms. The van der Waals surface area contributed by atoms with Gasteiger partial charge in [0.1, 0.15) is 0 Å². The number of hydrogen-bond donors (Lipinski definition) is 1. The van der Waals surface area contributed by atoms with Gasteiger partial charge < -0.3 is 14.8 Å². The fourth-order valence-corrected chi connectivity index (χ4v) is 1.84. The number of carbonyl (C=O) groups is 1. The molecule has 2 unspecified atom stereocenters. The highest BCUT2D eigenvalue weighted by Gasteiger charge is 2.15. The molecule has 0 saturated carbocycles. The molecule has 0 aromatic carbocycles. The number of carbonyl (C=O) groups excluding carboxylic acids is 1. The van der Waals surface area contributed by atoms with Crippen LogP contribution >= 0.6 is 0 Å². The molecule has 1 fully saturated rings. The van der Waals surface area contributed by atoms with Crippen LogP contribution < -0.4 is 5.32 Å². The maximum Gasteiger partial charge on any atom is 0.307 e. The Balaban J connectivity index is 2.08. The summed E-state index contributed by atoms with van der Waals surface area (Å²) in [6, 6.07) is 0.157. The zero-order chi connectivity index (χ0) is 11.8. The van der Waals surface area contributed by atoms with Gasteiger partial charge >= 0.3 is 5.97 Å². The number of esters is 1. The van der Waals surface area contributed by atoms with E-state index >= 15 is 0 Å². The Hall–Kier alpha value is -0.610. The average Bonchev–Trinajstić information content (AvgIpc) is 2.28. The highest BCUT2D eigenvalue weighted by atomic mass is 16.5. The van der Waals surface area contributed by atoms with Gasteiger partial charge in [-0.2, -0.15) is 0 Å². The molecule has 1 rings (SSSR count). The van der Waals surface area contributed by atoms with E-state index in [2.05, 4.69) is 5.32 Å². The second-order valence-corrected chi connectivity index (χ2v) is 4.31. The van der Waals surface area contributed by atoms with E-state index in [-0.39, 0.29) is 12.0 Å². The highest BCUT2D eigenvalue weighted by Crippen LogP contribution is 2.11. The molecule has 0 radical (unpaired) electrons. The van der Waals surface area contributed by atoms with Crippen LogP contribution in [0.15, 0.2) is 0 Å². The Morgan fingerprint density at radius 3 is 3.00 bits per heavy atom. The van der Waals surface area contributed by atoms with E-state index in [1.54, 1.807) is 0 Å². The summed E-state index contributed by atoms with van der Waals surface area (Å²) in [7, 11) is 0. The van der Waals surface area contributed by atoms with Crippen LogP contribution in [-0.4, -0.2) is 37.9 Å². The molecule has 0 bridgehead atoms.